The molecule has 0 amide bonds. The van der Waals surface area contributed by atoms with Crippen LogP contribution >= 0.6 is 11.3 Å². The lowest BCUT2D eigenvalue weighted by Gasteiger charge is -2.19. The second kappa shape index (κ2) is 7.95. The molecule has 1 heterocycles. The largest absolute Gasteiger partial charge is 0.373 e. The Morgan fingerprint density at radius 3 is 2.45 bits per heavy atom. The molecule has 1 atom stereocenters. The topological polar surface area (TPSA) is 21.3 Å². The Hall–Kier alpha value is -0.660. The summed E-state index contributed by atoms with van der Waals surface area (Å²) in [5.74, 6) is -4.09. The fourth-order valence-electron chi connectivity index (χ4n) is 1.61. The predicted octanol–water partition coefficient (Wildman–Crippen LogP) is 3.36. The zero-order chi connectivity index (χ0) is 15.2. The Morgan fingerprint density at radius 1 is 1.30 bits per heavy atom. The Kier molecular flexibility index (Phi) is 6.91. The highest BCUT2D eigenvalue weighted by Crippen LogP contribution is 2.23. The molecule has 7 heteroatoms. The van der Waals surface area contributed by atoms with Crippen molar-refractivity contribution >= 4 is 11.3 Å². The molecule has 0 spiro atoms. The van der Waals surface area contributed by atoms with Crippen LogP contribution in [0.1, 0.15) is 16.7 Å². The second-order valence-corrected chi connectivity index (χ2v) is 5.74. The zero-order valence-corrected chi connectivity index (χ0v) is 12.3. The molecule has 1 unspecified atom stereocenters. The number of ether oxygens (including phenoxy) is 1. The summed E-state index contributed by atoms with van der Waals surface area (Å²) >= 11 is 1.66. The number of rotatable bonds is 9. The molecular formula is C13H19F4NOS. The number of hydrogen-bond donors (Lipinski definition) is 1. The molecule has 0 aliphatic carbocycles. The summed E-state index contributed by atoms with van der Waals surface area (Å²) < 4.78 is 54.0. The summed E-state index contributed by atoms with van der Waals surface area (Å²) in [6, 6.07) is 3.84. The van der Waals surface area contributed by atoms with Gasteiger partial charge in [0.1, 0.15) is 6.61 Å². The van der Waals surface area contributed by atoms with Crippen molar-refractivity contribution in [3.63, 3.8) is 0 Å². The molecule has 2 nitrogen and oxygen atoms in total. The standard InChI is InChI=1S/C13H19F4NOS/c1-3-10-4-5-11(20-10)6-9(18-2)7-19-8-13(16,17)12(14)15/h4-5,9,12,18H,3,6-8H2,1-2H3. The molecule has 1 N–H and O–H groups in total. The van der Waals surface area contributed by atoms with E-state index in [1.165, 1.54) is 4.88 Å². The van der Waals surface area contributed by atoms with Crippen molar-refractivity contribution < 1.29 is 22.3 Å². The molecule has 0 radical (unpaired) electrons. The third-order valence-electron chi connectivity index (χ3n) is 2.85. The Balaban J connectivity index is 2.40. The van der Waals surface area contributed by atoms with Gasteiger partial charge in [-0.15, -0.1) is 11.3 Å². The number of nitrogens with one attached hydrogen (secondary N) is 1. The van der Waals surface area contributed by atoms with Crippen LogP contribution in [0.15, 0.2) is 12.1 Å². The molecule has 1 aromatic heterocycles. The van der Waals surface area contributed by atoms with E-state index in [2.05, 4.69) is 12.2 Å². The molecule has 0 saturated heterocycles. The number of halogens is 4. The van der Waals surface area contributed by atoms with E-state index in [9.17, 15) is 17.6 Å². The van der Waals surface area contributed by atoms with Gasteiger partial charge in [0.15, 0.2) is 0 Å². The van der Waals surface area contributed by atoms with Crippen LogP contribution in [0, 0.1) is 0 Å². The summed E-state index contributed by atoms with van der Waals surface area (Å²) in [6.07, 6.45) is -2.12. The van der Waals surface area contributed by atoms with Crippen LogP contribution in [0.3, 0.4) is 0 Å². The third-order valence-corrected chi connectivity index (χ3v) is 4.11. The van der Waals surface area contributed by atoms with Crippen LogP contribution < -0.4 is 5.32 Å². The lowest BCUT2D eigenvalue weighted by molar-refractivity contribution is -0.166. The first-order chi connectivity index (χ1) is 9.39. The number of likely N-dealkylation sites (N-methyl/N-ethyl adjacent to an activating group) is 1. The maximum Gasteiger partial charge on any atom is 0.330 e. The molecule has 0 saturated carbocycles. The van der Waals surface area contributed by atoms with Gasteiger partial charge in [-0.2, -0.15) is 8.78 Å². The highest BCUT2D eigenvalue weighted by atomic mass is 32.1. The lowest BCUT2D eigenvalue weighted by atomic mass is 10.2. The van der Waals surface area contributed by atoms with E-state index in [0.29, 0.717) is 6.42 Å². The highest BCUT2D eigenvalue weighted by Gasteiger charge is 2.41. The molecule has 20 heavy (non-hydrogen) atoms. The molecule has 0 aromatic carbocycles. The van der Waals surface area contributed by atoms with Crippen molar-refractivity contribution in [1.29, 1.82) is 0 Å². The van der Waals surface area contributed by atoms with Gasteiger partial charge in [-0.1, -0.05) is 6.92 Å². The normalized spacial score (nSPS) is 13.9. The van der Waals surface area contributed by atoms with Crippen LogP contribution in [-0.2, 0) is 17.6 Å². The summed E-state index contributed by atoms with van der Waals surface area (Å²) in [6.45, 7) is 0.770. The molecular weight excluding hydrogens is 294 g/mol. The Bertz CT molecular complexity index is 397. The van der Waals surface area contributed by atoms with E-state index < -0.39 is 19.0 Å². The van der Waals surface area contributed by atoms with Crippen LogP contribution in [0.5, 0.6) is 0 Å². The van der Waals surface area contributed by atoms with Crippen molar-refractivity contribution in [3.8, 4) is 0 Å². The molecule has 0 aliphatic rings. The second-order valence-electron chi connectivity index (χ2n) is 4.49. The minimum atomic E-state index is -4.09. The van der Waals surface area contributed by atoms with Gasteiger partial charge in [0.05, 0.1) is 6.61 Å². The van der Waals surface area contributed by atoms with Crippen molar-refractivity contribution in [2.45, 2.75) is 38.2 Å². The average molecular weight is 313 g/mol. The van der Waals surface area contributed by atoms with Gasteiger partial charge in [-0.25, -0.2) is 8.78 Å². The zero-order valence-electron chi connectivity index (χ0n) is 11.5. The SMILES string of the molecule is CCc1ccc(CC(COCC(F)(F)C(F)F)NC)s1. The number of hydrogen-bond acceptors (Lipinski definition) is 3. The minimum absolute atomic E-state index is 0.0296. The molecule has 116 valence electrons. The maximum absolute atomic E-state index is 12.7. The monoisotopic (exact) mass is 313 g/mol. The van der Waals surface area contributed by atoms with E-state index in [1.807, 2.05) is 12.1 Å². The molecule has 1 aromatic rings. The maximum atomic E-state index is 12.7. The van der Waals surface area contributed by atoms with Gasteiger partial charge >= 0.3 is 12.3 Å². The van der Waals surface area contributed by atoms with Crippen molar-refractivity contribution in [3.05, 3.63) is 21.9 Å². The minimum Gasteiger partial charge on any atom is -0.373 e. The Labute approximate surface area is 120 Å². The van der Waals surface area contributed by atoms with Gasteiger partial charge in [0, 0.05) is 15.8 Å². The van der Waals surface area contributed by atoms with Gasteiger partial charge in [0.2, 0.25) is 0 Å². The van der Waals surface area contributed by atoms with Crippen LogP contribution in [-0.4, -0.2) is 38.7 Å². The first-order valence-electron chi connectivity index (χ1n) is 6.37. The number of alkyl halides is 4. The van der Waals surface area contributed by atoms with Gasteiger partial charge in [0.25, 0.3) is 0 Å². The first-order valence-corrected chi connectivity index (χ1v) is 7.19. The Morgan fingerprint density at radius 2 is 1.95 bits per heavy atom. The summed E-state index contributed by atoms with van der Waals surface area (Å²) in [4.78, 5) is 2.37. The quantitative estimate of drug-likeness (QED) is 0.706. The number of aryl methyl sites for hydroxylation is 1. The summed E-state index contributed by atoms with van der Waals surface area (Å²) in [5, 5.41) is 2.94. The van der Waals surface area contributed by atoms with Crippen LogP contribution in [0.4, 0.5) is 17.6 Å². The van der Waals surface area contributed by atoms with Gasteiger partial charge in [-0.3, -0.25) is 0 Å². The smallest absolute Gasteiger partial charge is 0.330 e. The fourth-order valence-corrected chi connectivity index (χ4v) is 2.65. The van der Waals surface area contributed by atoms with Crippen LogP contribution in [0.2, 0.25) is 0 Å². The fraction of sp³-hybridized carbons (Fsp3) is 0.692. The van der Waals surface area contributed by atoms with E-state index in [-0.39, 0.29) is 12.6 Å². The van der Waals surface area contributed by atoms with Crippen molar-refractivity contribution in [2.75, 3.05) is 20.3 Å². The molecule has 0 aliphatic heterocycles. The van der Waals surface area contributed by atoms with Gasteiger partial charge < -0.3 is 10.1 Å². The molecule has 0 bridgehead atoms. The van der Waals surface area contributed by atoms with E-state index in [0.717, 1.165) is 11.3 Å². The van der Waals surface area contributed by atoms with Crippen molar-refractivity contribution in [2.24, 2.45) is 0 Å². The van der Waals surface area contributed by atoms with Gasteiger partial charge in [-0.05, 0) is 32.0 Å². The molecule has 0 fully saturated rings. The number of thiophene rings is 1. The highest BCUT2D eigenvalue weighted by molar-refractivity contribution is 7.11. The van der Waals surface area contributed by atoms with E-state index in [1.54, 1.807) is 18.4 Å². The van der Waals surface area contributed by atoms with Crippen molar-refractivity contribution in [1.82, 2.24) is 5.32 Å². The average Bonchev–Trinajstić information content (AvgIpc) is 2.84. The van der Waals surface area contributed by atoms with Crippen LogP contribution in [0.25, 0.3) is 0 Å². The van der Waals surface area contributed by atoms with E-state index in [4.69, 9.17) is 4.74 Å². The molecule has 1 rings (SSSR count). The summed E-state index contributed by atoms with van der Waals surface area (Å²) in [7, 11) is 1.69. The predicted molar refractivity (Wildman–Crippen MR) is 72.0 cm³/mol. The summed E-state index contributed by atoms with van der Waals surface area (Å²) in [5.41, 5.74) is 0. The third kappa shape index (κ3) is 5.38. The lowest BCUT2D eigenvalue weighted by Crippen LogP contribution is -2.37. The van der Waals surface area contributed by atoms with E-state index >= 15 is 0 Å². The first kappa shape index (κ1) is 17.4.